The highest BCUT2D eigenvalue weighted by atomic mass is 15.3. The van der Waals surface area contributed by atoms with Crippen molar-refractivity contribution in [3.8, 4) is 0 Å². The maximum Gasteiger partial charge on any atom is 0.0481 e. The summed E-state index contributed by atoms with van der Waals surface area (Å²) in [4.78, 5) is 2.79. The first-order valence-electron chi connectivity index (χ1n) is 8.71. The van der Waals surface area contributed by atoms with E-state index in [1.807, 2.05) is 0 Å². The van der Waals surface area contributed by atoms with Crippen molar-refractivity contribution >= 4 is 0 Å². The molecule has 1 N–H and O–H groups in total. The van der Waals surface area contributed by atoms with Gasteiger partial charge in [0.15, 0.2) is 0 Å². The number of nitrogens with one attached hydrogen (secondary N) is 1. The number of rotatable bonds is 4. The molecule has 1 saturated heterocycles. The van der Waals surface area contributed by atoms with Crippen molar-refractivity contribution in [2.75, 3.05) is 13.1 Å². The van der Waals surface area contributed by atoms with Crippen LogP contribution < -0.4 is 5.32 Å². The minimum absolute atomic E-state index is 0.364. The van der Waals surface area contributed by atoms with E-state index in [-0.39, 0.29) is 0 Å². The Balaban J connectivity index is 1.89. The van der Waals surface area contributed by atoms with E-state index in [0.29, 0.717) is 17.6 Å². The van der Waals surface area contributed by atoms with Gasteiger partial charge in [0.25, 0.3) is 0 Å². The highest BCUT2D eigenvalue weighted by Gasteiger charge is 2.41. The average molecular weight is 286 g/mol. The molecule has 0 radical (unpaired) electrons. The quantitative estimate of drug-likeness (QED) is 0.902. The van der Waals surface area contributed by atoms with Crippen molar-refractivity contribution in [2.24, 2.45) is 0 Å². The minimum Gasteiger partial charge on any atom is -0.309 e. The van der Waals surface area contributed by atoms with Crippen molar-refractivity contribution in [1.82, 2.24) is 10.2 Å². The van der Waals surface area contributed by atoms with E-state index in [9.17, 15) is 0 Å². The predicted molar refractivity (Wildman–Crippen MR) is 89.6 cm³/mol. The molecular formula is C19H30N2. The standard InChI is InChI=1S/C19H30N2/c1-4-13-20-18-16-9-6-5-8-15(16)10-11-17(18)21-14-7-12-19(21,2)3/h5-6,8-9,17-18,20H,4,7,10-14H2,1-3H3. The number of hydrogen-bond acceptors (Lipinski definition) is 2. The van der Waals surface area contributed by atoms with E-state index in [4.69, 9.17) is 0 Å². The van der Waals surface area contributed by atoms with Crippen LogP contribution in [0.4, 0.5) is 0 Å². The lowest BCUT2D eigenvalue weighted by atomic mass is 9.82. The molecule has 1 aromatic rings. The van der Waals surface area contributed by atoms with Gasteiger partial charge in [0.1, 0.15) is 0 Å². The molecule has 2 aliphatic rings. The van der Waals surface area contributed by atoms with E-state index in [1.54, 1.807) is 11.1 Å². The molecule has 2 atom stereocenters. The maximum absolute atomic E-state index is 3.85. The number of aryl methyl sites for hydroxylation is 1. The van der Waals surface area contributed by atoms with Crippen LogP contribution in [-0.4, -0.2) is 29.6 Å². The van der Waals surface area contributed by atoms with Crippen LogP contribution in [0.5, 0.6) is 0 Å². The smallest absolute Gasteiger partial charge is 0.0481 e. The lowest BCUT2D eigenvalue weighted by molar-refractivity contribution is 0.0777. The van der Waals surface area contributed by atoms with E-state index in [0.717, 1.165) is 6.54 Å². The van der Waals surface area contributed by atoms with Gasteiger partial charge in [-0.25, -0.2) is 0 Å². The van der Waals surface area contributed by atoms with E-state index >= 15 is 0 Å². The third kappa shape index (κ3) is 2.89. The second kappa shape index (κ2) is 6.10. The molecule has 0 bridgehead atoms. The zero-order valence-electron chi connectivity index (χ0n) is 13.9. The first-order chi connectivity index (χ1) is 10.1. The summed E-state index contributed by atoms with van der Waals surface area (Å²) in [6, 6.07) is 10.2. The maximum atomic E-state index is 3.85. The number of likely N-dealkylation sites (tertiary alicyclic amines) is 1. The SMILES string of the molecule is CCCNC1c2ccccc2CCC1N1CCCC1(C)C. The number of nitrogens with zero attached hydrogens (tertiary/aromatic N) is 1. The molecule has 1 aliphatic heterocycles. The summed E-state index contributed by atoms with van der Waals surface area (Å²) in [5.41, 5.74) is 3.47. The van der Waals surface area contributed by atoms with Gasteiger partial charge in [0, 0.05) is 17.6 Å². The molecule has 0 aromatic heterocycles. The predicted octanol–water partition coefficient (Wildman–Crippen LogP) is 3.92. The van der Waals surface area contributed by atoms with Crippen molar-refractivity contribution in [3.05, 3.63) is 35.4 Å². The molecule has 0 saturated carbocycles. The highest BCUT2D eigenvalue weighted by molar-refractivity contribution is 5.34. The van der Waals surface area contributed by atoms with Gasteiger partial charge in [-0.3, -0.25) is 4.90 Å². The summed E-state index contributed by atoms with van der Waals surface area (Å²) >= 11 is 0. The van der Waals surface area contributed by atoms with E-state index < -0.39 is 0 Å². The van der Waals surface area contributed by atoms with Crippen LogP contribution in [0.1, 0.15) is 63.6 Å². The molecule has 1 fully saturated rings. The normalized spacial score (nSPS) is 28.5. The van der Waals surface area contributed by atoms with Crippen LogP contribution in [0, 0.1) is 0 Å². The lowest BCUT2D eigenvalue weighted by Gasteiger charge is -2.45. The van der Waals surface area contributed by atoms with E-state index in [1.165, 1.54) is 38.6 Å². The van der Waals surface area contributed by atoms with Crippen LogP contribution in [0.2, 0.25) is 0 Å². The van der Waals surface area contributed by atoms with Crippen molar-refractivity contribution < 1.29 is 0 Å². The summed E-state index contributed by atoms with van der Waals surface area (Å²) in [5.74, 6) is 0. The summed E-state index contributed by atoms with van der Waals surface area (Å²) in [6.07, 6.45) is 6.42. The third-order valence-electron chi connectivity index (χ3n) is 5.46. The monoisotopic (exact) mass is 286 g/mol. The molecule has 1 aliphatic carbocycles. The summed E-state index contributed by atoms with van der Waals surface area (Å²) in [5, 5.41) is 3.85. The molecule has 2 nitrogen and oxygen atoms in total. The van der Waals surface area contributed by atoms with Gasteiger partial charge in [0.05, 0.1) is 0 Å². The van der Waals surface area contributed by atoms with Gasteiger partial charge >= 0.3 is 0 Å². The molecule has 2 heteroatoms. The minimum atomic E-state index is 0.364. The van der Waals surface area contributed by atoms with Gasteiger partial charge in [-0.05, 0) is 70.2 Å². The molecule has 3 rings (SSSR count). The number of fused-ring (bicyclic) bond motifs is 1. The Morgan fingerprint density at radius 1 is 1.29 bits per heavy atom. The Bertz CT molecular complexity index is 480. The van der Waals surface area contributed by atoms with Gasteiger partial charge < -0.3 is 5.32 Å². The lowest BCUT2D eigenvalue weighted by Crippen LogP contribution is -2.52. The zero-order chi connectivity index (χ0) is 14.9. The van der Waals surface area contributed by atoms with Gasteiger partial charge in [-0.1, -0.05) is 31.2 Å². The van der Waals surface area contributed by atoms with Crippen LogP contribution in [0.3, 0.4) is 0 Å². The second-order valence-corrected chi connectivity index (χ2v) is 7.35. The van der Waals surface area contributed by atoms with Gasteiger partial charge in [-0.15, -0.1) is 0 Å². The fourth-order valence-corrected chi connectivity index (χ4v) is 4.37. The number of hydrogen-bond donors (Lipinski definition) is 1. The van der Waals surface area contributed by atoms with Crippen molar-refractivity contribution in [1.29, 1.82) is 0 Å². The Hall–Kier alpha value is -0.860. The average Bonchev–Trinajstić information content (AvgIpc) is 2.84. The van der Waals surface area contributed by atoms with Gasteiger partial charge in [-0.2, -0.15) is 0 Å². The molecule has 1 heterocycles. The highest BCUT2D eigenvalue weighted by Crippen LogP contribution is 2.39. The molecule has 21 heavy (non-hydrogen) atoms. The van der Waals surface area contributed by atoms with Crippen molar-refractivity contribution in [3.63, 3.8) is 0 Å². The zero-order valence-corrected chi connectivity index (χ0v) is 13.9. The van der Waals surface area contributed by atoms with Crippen LogP contribution in [-0.2, 0) is 6.42 Å². The Kier molecular flexibility index (Phi) is 4.37. The van der Waals surface area contributed by atoms with Crippen LogP contribution in [0.15, 0.2) is 24.3 Å². The molecule has 116 valence electrons. The number of benzene rings is 1. The molecule has 0 amide bonds. The molecular weight excluding hydrogens is 256 g/mol. The Morgan fingerprint density at radius 3 is 2.81 bits per heavy atom. The Labute approximate surface area is 129 Å². The first kappa shape index (κ1) is 15.1. The first-order valence-corrected chi connectivity index (χ1v) is 8.71. The van der Waals surface area contributed by atoms with Gasteiger partial charge in [0.2, 0.25) is 0 Å². The molecule has 2 unspecified atom stereocenters. The second-order valence-electron chi connectivity index (χ2n) is 7.35. The molecule has 1 aromatic carbocycles. The molecule has 0 spiro atoms. The van der Waals surface area contributed by atoms with E-state index in [2.05, 4.69) is 55.3 Å². The topological polar surface area (TPSA) is 15.3 Å². The fraction of sp³-hybridized carbons (Fsp3) is 0.684. The fourth-order valence-electron chi connectivity index (χ4n) is 4.37. The third-order valence-corrected chi connectivity index (χ3v) is 5.46. The summed E-state index contributed by atoms with van der Waals surface area (Å²) < 4.78 is 0. The van der Waals surface area contributed by atoms with Crippen LogP contribution in [0.25, 0.3) is 0 Å². The van der Waals surface area contributed by atoms with Crippen LogP contribution >= 0.6 is 0 Å². The summed E-state index contributed by atoms with van der Waals surface area (Å²) in [7, 11) is 0. The summed E-state index contributed by atoms with van der Waals surface area (Å²) in [6.45, 7) is 9.50. The largest absolute Gasteiger partial charge is 0.309 e. The Morgan fingerprint density at radius 2 is 2.10 bits per heavy atom. The van der Waals surface area contributed by atoms with Crippen molar-refractivity contribution in [2.45, 2.75) is 70.5 Å².